The molecule has 0 N–H and O–H groups in total. The lowest BCUT2D eigenvalue weighted by Crippen LogP contribution is -2.37. The second-order valence-corrected chi connectivity index (χ2v) is 7.48. The van der Waals surface area contributed by atoms with Gasteiger partial charge in [0, 0.05) is 13.1 Å². The molecule has 1 aromatic rings. The maximum Gasteiger partial charge on any atom is 0.309 e. The third kappa shape index (κ3) is 3.87. The number of ether oxygens (including phenoxy) is 1. The fraction of sp³-hybridized carbons (Fsp3) is 0.562. The van der Waals surface area contributed by atoms with Gasteiger partial charge < -0.3 is 4.74 Å². The Labute approximate surface area is 133 Å². The van der Waals surface area contributed by atoms with Crippen molar-refractivity contribution in [2.75, 3.05) is 20.2 Å². The van der Waals surface area contributed by atoms with Crippen LogP contribution in [0, 0.1) is 26.7 Å². The van der Waals surface area contributed by atoms with Crippen molar-refractivity contribution in [3.05, 3.63) is 28.8 Å². The number of hydrogen-bond donors (Lipinski definition) is 0. The number of rotatable bonds is 6. The molecule has 1 rings (SSSR count). The van der Waals surface area contributed by atoms with E-state index in [2.05, 4.69) is 4.74 Å². The van der Waals surface area contributed by atoms with E-state index >= 15 is 0 Å². The van der Waals surface area contributed by atoms with Gasteiger partial charge in [-0.15, -0.1) is 0 Å². The number of benzene rings is 1. The molecule has 0 saturated heterocycles. The van der Waals surface area contributed by atoms with Crippen LogP contribution in [-0.2, 0) is 19.6 Å². The van der Waals surface area contributed by atoms with Gasteiger partial charge in [-0.05, 0) is 31.9 Å². The SMILES string of the molecule is CCN(CC(C)C(=O)OC)S(=O)(=O)c1c(C)cc(C)cc1C. The number of methoxy groups -OCH3 is 1. The number of aryl methyl sites for hydroxylation is 3. The molecule has 0 aliphatic carbocycles. The molecule has 124 valence electrons. The zero-order chi connectivity index (χ0) is 17.1. The van der Waals surface area contributed by atoms with Gasteiger partial charge in [-0.1, -0.05) is 31.5 Å². The van der Waals surface area contributed by atoms with E-state index in [1.165, 1.54) is 11.4 Å². The first kappa shape index (κ1) is 18.6. The Hall–Kier alpha value is -1.40. The van der Waals surface area contributed by atoms with Crippen LogP contribution in [0.3, 0.4) is 0 Å². The lowest BCUT2D eigenvalue weighted by atomic mass is 10.1. The molecule has 1 unspecified atom stereocenters. The molecule has 0 aromatic heterocycles. The van der Waals surface area contributed by atoms with E-state index in [1.54, 1.807) is 27.7 Å². The lowest BCUT2D eigenvalue weighted by molar-refractivity contribution is -0.145. The molecule has 0 fully saturated rings. The van der Waals surface area contributed by atoms with E-state index in [1.807, 2.05) is 19.1 Å². The zero-order valence-electron chi connectivity index (χ0n) is 14.1. The molecular formula is C16H25NO4S. The maximum atomic E-state index is 12.9. The predicted octanol–water partition coefficient (Wildman–Crippen LogP) is 2.43. The standard InChI is InChI=1S/C16H25NO4S/c1-7-17(10-14(5)16(18)21-6)22(19,20)15-12(3)8-11(2)9-13(15)4/h8-9,14H,7,10H2,1-6H3. The van der Waals surface area contributed by atoms with Crippen molar-refractivity contribution in [2.45, 2.75) is 39.5 Å². The van der Waals surface area contributed by atoms with Gasteiger partial charge in [0.05, 0.1) is 17.9 Å². The van der Waals surface area contributed by atoms with Crippen LogP contribution in [0.2, 0.25) is 0 Å². The summed E-state index contributed by atoms with van der Waals surface area (Å²) in [6.07, 6.45) is 0. The average Bonchev–Trinajstić information content (AvgIpc) is 2.41. The largest absolute Gasteiger partial charge is 0.469 e. The van der Waals surface area contributed by atoms with Gasteiger partial charge >= 0.3 is 5.97 Å². The number of hydrogen-bond acceptors (Lipinski definition) is 4. The zero-order valence-corrected chi connectivity index (χ0v) is 15.0. The van der Waals surface area contributed by atoms with E-state index in [0.29, 0.717) is 11.4 Å². The monoisotopic (exact) mass is 327 g/mol. The Balaban J connectivity index is 3.24. The third-order valence-corrected chi connectivity index (χ3v) is 5.88. The topological polar surface area (TPSA) is 63.7 Å². The summed E-state index contributed by atoms with van der Waals surface area (Å²) in [5.41, 5.74) is 2.48. The Morgan fingerprint density at radius 3 is 2.14 bits per heavy atom. The minimum atomic E-state index is -3.64. The highest BCUT2D eigenvalue weighted by molar-refractivity contribution is 7.89. The van der Waals surface area contributed by atoms with Crippen LogP contribution in [0.15, 0.2) is 17.0 Å². The van der Waals surface area contributed by atoms with E-state index in [9.17, 15) is 13.2 Å². The second kappa shape index (κ2) is 7.24. The number of esters is 1. The van der Waals surface area contributed by atoms with Crippen LogP contribution >= 0.6 is 0 Å². The Morgan fingerprint density at radius 1 is 1.23 bits per heavy atom. The fourth-order valence-corrected chi connectivity index (χ4v) is 4.63. The highest BCUT2D eigenvalue weighted by Crippen LogP contribution is 2.25. The lowest BCUT2D eigenvalue weighted by Gasteiger charge is -2.25. The minimum Gasteiger partial charge on any atom is -0.469 e. The fourth-order valence-electron chi connectivity index (χ4n) is 2.68. The van der Waals surface area contributed by atoms with E-state index in [0.717, 1.165) is 16.7 Å². The number of nitrogens with zero attached hydrogens (tertiary/aromatic N) is 1. The first-order valence-electron chi connectivity index (χ1n) is 7.31. The van der Waals surface area contributed by atoms with Crippen molar-refractivity contribution in [3.63, 3.8) is 0 Å². The highest BCUT2D eigenvalue weighted by Gasteiger charge is 2.29. The molecular weight excluding hydrogens is 302 g/mol. The van der Waals surface area contributed by atoms with E-state index in [-0.39, 0.29) is 6.54 Å². The van der Waals surface area contributed by atoms with Crippen LogP contribution in [-0.4, -0.2) is 38.9 Å². The van der Waals surface area contributed by atoms with Crippen LogP contribution in [0.4, 0.5) is 0 Å². The van der Waals surface area contributed by atoms with Gasteiger partial charge in [-0.25, -0.2) is 8.42 Å². The Kier molecular flexibility index (Phi) is 6.14. The predicted molar refractivity (Wildman–Crippen MR) is 86.3 cm³/mol. The smallest absolute Gasteiger partial charge is 0.309 e. The average molecular weight is 327 g/mol. The molecule has 0 bridgehead atoms. The van der Waals surface area contributed by atoms with Crippen molar-refractivity contribution >= 4 is 16.0 Å². The van der Waals surface area contributed by atoms with Gasteiger partial charge in [0.15, 0.2) is 0 Å². The van der Waals surface area contributed by atoms with Crippen molar-refractivity contribution in [2.24, 2.45) is 5.92 Å². The van der Waals surface area contributed by atoms with E-state index < -0.39 is 21.9 Å². The molecule has 6 heteroatoms. The van der Waals surface area contributed by atoms with Crippen LogP contribution in [0.5, 0.6) is 0 Å². The number of sulfonamides is 1. The van der Waals surface area contributed by atoms with Crippen molar-refractivity contribution < 1.29 is 17.9 Å². The first-order valence-corrected chi connectivity index (χ1v) is 8.75. The molecule has 5 nitrogen and oxygen atoms in total. The van der Waals surface area contributed by atoms with Gasteiger partial charge in [0.25, 0.3) is 0 Å². The summed E-state index contributed by atoms with van der Waals surface area (Å²) < 4.78 is 31.9. The molecule has 0 radical (unpaired) electrons. The number of carbonyl (C=O) groups is 1. The second-order valence-electron chi connectivity index (χ2n) is 5.61. The van der Waals surface area contributed by atoms with Crippen molar-refractivity contribution in [3.8, 4) is 0 Å². The summed E-state index contributed by atoms with van der Waals surface area (Å²) in [5, 5.41) is 0. The molecule has 0 spiro atoms. The minimum absolute atomic E-state index is 0.109. The van der Waals surface area contributed by atoms with Gasteiger partial charge in [-0.2, -0.15) is 4.31 Å². The molecule has 1 atom stereocenters. The molecule has 1 aromatic carbocycles. The summed E-state index contributed by atoms with van der Waals surface area (Å²) in [7, 11) is -2.34. The molecule has 0 aliphatic rings. The first-order chi connectivity index (χ1) is 10.1. The van der Waals surface area contributed by atoms with Gasteiger partial charge in [0.1, 0.15) is 0 Å². The molecule has 0 heterocycles. The summed E-state index contributed by atoms with van der Waals surface area (Å²) >= 11 is 0. The summed E-state index contributed by atoms with van der Waals surface area (Å²) in [6, 6.07) is 3.72. The molecule has 0 amide bonds. The Morgan fingerprint density at radius 2 is 1.73 bits per heavy atom. The maximum absolute atomic E-state index is 12.9. The van der Waals surface area contributed by atoms with Crippen LogP contribution < -0.4 is 0 Å². The summed E-state index contributed by atoms with van der Waals surface area (Å²) in [5.74, 6) is -0.920. The molecule has 0 saturated carbocycles. The van der Waals surface area contributed by atoms with Crippen LogP contribution in [0.25, 0.3) is 0 Å². The quantitative estimate of drug-likeness (QED) is 0.753. The van der Waals surface area contributed by atoms with E-state index in [4.69, 9.17) is 0 Å². The highest BCUT2D eigenvalue weighted by atomic mass is 32.2. The van der Waals surface area contributed by atoms with Gasteiger partial charge in [-0.3, -0.25) is 4.79 Å². The summed E-state index contributed by atoms with van der Waals surface area (Å²) in [4.78, 5) is 11.9. The molecule has 0 aliphatic heterocycles. The van der Waals surface area contributed by atoms with Gasteiger partial charge in [0.2, 0.25) is 10.0 Å². The molecule has 22 heavy (non-hydrogen) atoms. The van der Waals surface area contributed by atoms with Crippen molar-refractivity contribution in [1.29, 1.82) is 0 Å². The summed E-state index contributed by atoms with van der Waals surface area (Å²) in [6.45, 7) is 9.37. The third-order valence-electron chi connectivity index (χ3n) is 3.64. The Bertz CT molecular complexity index is 629. The van der Waals surface area contributed by atoms with Crippen LogP contribution in [0.1, 0.15) is 30.5 Å². The normalized spacial score (nSPS) is 13.2. The number of carbonyl (C=O) groups excluding carboxylic acids is 1. The van der Waals surface area contributed by atoms with Crippen molar-refractivity contribution in [1.82, 2.24) is 4.31 Å².